The van der Waals surface area contributed by atoms with Crippen LogP contribution in [0.3, 0.4) is 0 Å². The number of carbonyl (C=O) groups is 1. The van der Waals surface area contributed by atoms with Crippen LogP contribution in [0.1, 0.15) is 57.8 Å². The van der Waals surface area contributed by atoms with Crippen LogP contribution in [-0.2, 0) is 22.8 Å². The van der Waals surface area contributed by atoms with Crippen molar-refractivity contribution < 1.29 is 22.8 Å². The maximum Gasteiger partial charge on any atom is 0.503 e. The van der Waals surface area contributed by atoms with Crippen LogP contribution in [0.2, 0.25) is 5.54 Å². The number of rotatable bonds is 7. The van der Waals surface area contributed by atoms with Crippen molar-refractivity contribution in [3.8, 4) is 0 Å². The van der Waals surface area contributed by atoms with Gasteiger partial charge in [0.05, 0.1) is 0 Å². The number of ether oxygens (including phenoxy) is 1. The maximum atomic E-state index is 12.3. The summed E-state index contributed by atoms with van der Waals surface area (Å²) in [4.78, 5) is 12.3. The molecule has 0 N–H and O–H groups in total. The van der Waals surface area contributed by atoms with Gasteiger partial charge in [-0.05, 0) is 62.7 Å². The minimum Gasteiger partial charge on any atom is -0.462 e. The molecular weight excluding hydrogens is 324 g/mol. The highest BCUT2D eigenvalue weighted by molar-refractivity contribution is 6.62. The van der Waals surface area contributed by atoms with Crippen LogP contribution in [0.4, 0.5) is 0 Å². The number of esters is 1. The molecule has 24 heavy (non-hydrogen) atoms. The van der Waals surface area contributed by atoms with E-state index in [4.69, 9.17) is 18.0 Å². The van der Waals surface area contributed by atoms with E-state index in [9.17, 15) is 4.79 Å². The van der Waals surface area contributed by atoms with Gasteiger partial charge in [-0.15, -0.1) is 0 Å². The van der Waals surface area contributed by atoms with Crippen LogP contribution in [0, 0.1) is 17.8 Å². The van der Waals surface area contributed by atoms with Crippen molar-refractivity contribution in [1.29, 1.82) is 0 Å². The first kappa shape index (κ1) is 18.4. The molecule has 3 aliphatic carbocycles. The van der Waals surface area contributed by atoms with Gasteiger partial charge in [0, 0.05) is 33.3 Å². The fourth-order valence-corrected chi connectivity index (χ4v) is 8.26. The normalized spacial score (nSPS) is 33.8. The molecule has 0 aromatic rings. The van der Waals surface area contributed by atoms with Gasteiger partial charge in [-0.3, -0.25) is 4.79 Å². The van der Waals surface area contributed by atoms with E-state index in [1.807, 2.05) is 0 Å². The Morgan fingerprint density at radius 1 is 0.917 bits per heavy atom. The Morgan fingerprint density at radius 2 is 1.58 bits per heavy atom. The molecule has 2 bridgehead atoms. The maximum absolute atomic E-state index is 12.3. The predicted octanol–water partition coefficient (Wildman–Crippen LogP) is 3.55. The van der Waals surface area contributed by atoms with Crippen LogP contribution >= 0.6 is 0 Å². The summed E-state index contributed by atoms with van der Waals surface area (Å²) < 4.78 is 22.8. The van der Waals surface area contributed by atoms with Crippen LogP contribution in [0.15, 0.2) is 0 Å². The van der Waals surface area contributed by atoms with Gasteiger partial charge in [-0.2, -0.15) is 0 Å². The summed E-state index contributed by atoms with van der Waals surface area (Å²) in [5.74, 6) is 1.64. The SMILES string of the molecule is CO[Si](OC)(OC)C1CC2CC1CC2CC(=O)OC1CCCCC1. The van der Waals surface area contributed by atoms with E-state index in [-0.39, 0.29) is 12.1 Å². The first-order valence-electron chi connectivity index (χ1n) is 9.46. The van der Waals surface area contributed by atoms with E-state index in [0.717, 1.165) is 25.7 Å². The first-order chi connectivity index (χ1) is 11.6. The molecule has 6 heteroatoms. The highest BCUT2D eigenvalue weighted by Crippen LogP contribution is 2.59. The standard InChI is InChI=1S/C18H32O5Si/c1-20-24(21-2,22-3)17-11-13-9-15(17)10-14(13)12-18(19)23-16-7-5-4-6-8-16/h13-17H,4-12H2,1-3H3. The molecule has 0 aliphatic heterocycles. The Morgan fingerprint density at radius 3 is 2.12 bits per heavy atom. The van der Waals surface area contributed by atoms with E-state index in [1.165, 1.54) is 25.7 Å². The van der Waals surface area contributed by atoms with E-state index < -0.39 is 8.80 Å². The minimum absolute atomic E-state index is 0.0183. The minimum atomic E-state index is -2.56. The zero-order valence-electron chi connectivity index (χ0n) is 15.3. The van der Waals surface area contributed by atoms with E-state index in [0.29, 0.717) is 29.7 Å². The molecule has 138 valence electrons. The third-order valence-electron chi connectivity index (χ3n) is 6.59. The summed E-state index contributed by atoms with van der Waals surface area (Å²) in [7, 11) is 2.54. The Hall–Kier alpha value is -0.433. The van der Waals surface area contributed by atoms with Gasteiger partial charge < -0.3 is 18.0 Å². The topological polar surface area (TPSA) is 54.0 Å². The number of carbonyl (C=O) groups excluding carboxylic acids is 1. The van der Waals surface area contributed by atoms with Crippen LogP contribution in [0.5, 0.6) is 0 Å². The van der Waals surface area contributed by atoms with Gasteiger partial charge in [-0.1, -0.05) is 6.42 Å². The molecule has 0 radical (unpaired) electrons. The number of hydrogen-bond donors (Lipinski definition) is 0. The zero-order valence-corrected chi connectivity index (χ0v) is 16.3. The Labute approximate surface area is 146 Å². The molecule has 3 fully saturated rings. The van der Waals surface area contributed by atoms with Crippen LogP contribution in [-0.4, -0.2) is 42.2 Å². The lowest BCUT2D eigenvalue weighted by atomic mass is 9.86. The van der Waals surface area contributed by atoms with Gasteiger partial charge in [-0.25, -0.2) is 0 Å². The van der Waals surface area contributed by atoms with Crippen LogP contribution < -0.4 is 0 Å². The Bertz CT molecular complexity index is 425. The smallest absolute Gasteiger partial charge is 0.462 e. The molecule has 0 aromatic carbocycles. The second-order valence-corrected chi connectivity index (χ2v) is 10.9. The largest absolute Gasteiger partial charge is 0.503 e. The molecule has 0 amide bonds. The summed E-state index contributed by atoms with van der Waals surface area (Å²) in [6.07, 6.45) is 9.87. The Kier molecular flexibility index (Phi) is 6.01. The molecule has 3 saturated carbocycles. The molecule has 0 spiro atoms. The molecule has 4 atom stereocenters. The lowest BCUT2D eigenvalue weighted by Gasteiger charge is -2.36. The van der Waals surface area contributed by atoms with Gasteiger partial charge in [0.1, 0.15) is 6.10 Å². The van der Waals surface area contributed by atoms with Gasteiger partial charge >= 0.3 is 14.8 Å². The summed E-state index contributed by atoms with van der Waals surface area (Å²) in [5, 5.41) is 0. The van der Waals surface area contributed by atoms with E-state index >= 15 is 0 Å². The second-order valence-electron chi connectivity index (χ2n) is 7.76. The average Bonchev–Trinajstić information content (AvgIpc) is 3.18. The molecule has 0 saturated heterocycles. The molecule has 0 aromatic heterocycles. The lowest BCUT2D eigenvalue weighted by molar-refractivity contribution is -0.152. The van der Waals surface area contributed by atoms with Crippen molar-refractivity contribution in [1.82, 2.24) is 0 Å². The first-order valence-corrected chi connectivity index (χ1v) is 11.3. The summed E-state index contributed by atoms with van der Waals surface area (Å²) >= 11 is 0. The molecule has 3 rings (SSSR count). The summed E-state index contributed by atoms with van der Waals surface area (Å²) in [5.41, 5.74) is 0.383. The third kappa shape index (κ3) is 3.57. The van der Waals surface area contributed by atoms with E-state index in [1.54, 1.807) is 21.3 Å². The van der Waals surface area contributed by atoms with Crippen molar-refractivity contribution >= 4 is 14.8 Å². The lowest BCUT2D eigenvalue weighted by Crippen LogP contribution is -2.49. The van der Waals surface area contributed by atoms with Crippen molar-refractivity contribution in [3.63, 3.8) is 0 Å². The second kappa shape index (κ2) is 7.85. The fraction of sp³-hybridized carbons (Fsp3) is 0.944. The van der Waals surface area contributed by atoms with Crippen molar-refractivity contribution in [2.75, 3.05) is 21.3 Å². The van der Waals surface area contributed by atoms with Crippen molar-refractivity contribution in [2.24, 2.45) is 17.8 Å². The molecule has 4 unspecified atom stereocenters. The zero-order chi connectivity index (χ0) is 17.2. The van der Waals surface area contributed by atoms with Gasteiger partial charge in [0.25, 0.3) is 0 Å². The summed E-state index contributed by atoms with van der Waals surface area (Å²) in [6, 6.07) is 0. The number of fused-ring (bicyclic) bond motifs is 2. The predicted molar refractivity (Wildman–Crippen MR) is 92.4 cm³/mol. The van der Waals surface area contributed by atoms with Gasteiger partial charge in [0.2, 0.25) is 0 Å². The Balaban J connectivity index is 1.51. The highest BCUT2D eigenvalue weighted by atomic mass is 28.4. The average molecular weight is 357 g/mol. The quantitative estimate of drug-likeness (QED) is 0.516. The van der Waals surface area contributed by atoms with Gasteiger partial charge in [0.15, 0.2) is 0 Å². The highest BCUT2D eigenvalue weighted by Gasteiger charge is 2.59. The summed E-state index contributed by atoms with van der Waals surface area (Å²) in [6.45, 7) is 0. The van der Waals surface area contributed by atoms with Crippen molar-refractivity contribution in [2.45, 2.75) is 69.4 Å². The molecule has 3 aliphatic rings. The fourth-order valence-electron chi connectivity index (χ4n) is 5.41. The molecule has 5 nitrogen and oxygen atoms in total. The van der Waals surface area contributed by atoms with E-state index in [2.05, 4.69) is 0 Å². The third-order valence-corrected chi connectivity index (χ3v) is 9.91. The monoisotopic (exact) mass is 356 g/mol. The van der Waals surface area contributed by atoms with Crippen LogP contribution in [0.25, 0.3) is 0 Å². The molecule has 0 heterocycles. The van der Waals surface area contributed by atoms with Crippen molar-refractivity contribution in [3.05, 3.63) is 0 Å². The molecular formula is C18H32O5Si. The number of hydrogen-bond acceptors (Lipinski definition) is 5.